The van der Waals surface area contributed by atoms with E-state index < -0.39 is 11.9 Å². The van der Waals surface area contributed by atoms with Gasteiger partial charge in [-0.3, -0.25) is 4.79 Å². The number of rotatable bonds is 8. The largest absolute Gasteiger partial charge is 0.451 e. The van der Waals surface area contributed by atoms with Gasteiger partial charge in [-0.2, -0.15) is 0 Å². The quantitative estimate of drug-likeness (QED) is 0.684. The number of carbonyl (C=O) groups is 2. The Hall–Kier alpha value is -3.43. The zero-order valence-electron chi connectivity index (χ0n) is 17.7. The van der Waals surface area contributed by atoms with Crippen molar-refractivity contribution < 1.29 is 23.5 Å². The molecule has 2 aromatic rings. The van der Waals surface area contributed by atoms with E-state index in [4.69, 9.17) is 15.2 Å². The number of halogens is 1. The fraction of sp³-hybridized carbons (Fsp3) is 0.429. The van der Waals surface area contributed by atoms with E-state index in [0.29, 0.717) is 31.2 Å². The number of hydrogen-bond acceptors (Lipinski definition) is 7. The smallest absolute Gasteiger partial charge is 0.404 e. The third-order valence-corrected chi connectivity index (χ3v) is 4.99. The molecule has 0 spiro atoms. The highest BCUT2D eigenvalue weighted by molar-refractivity contribution is 5.97. The number of primary amides is 1. The Kier molecular flexibility index (Phi) is 6.88. The molecule has 31 heavy (non-hydrogen) atoms. The van der Waals surface area contributed by atoms with Gasteiger partial charge in [0.05, 0.1) is 18.4 Å². The number of hydrogen-bond donors (Lipinski definition) is 1. The summed E-state index contributed by atoms with van der Waals surface area (Å²) in [5.74, 6) is 0.366. The van der Waals surface area contributed by atoms with E-state index in [1.807, 2.05) is 25.7 Å². The van der Waals surface area contributed by atoms with Gasteiger partial charge in [0.15, 0.2) is 11.6 Å². The molecule has 2 heterocycles. The van der Waals surface area contributed by atoms with Gasteiger partial charge in [0.25, 0.3) is 5.91 Å². The van der Waals surface area contributed by atoms with Gasteiger partial charge in [0.1, 0.15) is 17.9 Å². The van der Waals surface area contributed by atoms with Crippen LogP contribution < -0.4 is 15.4 Å². The summed E-state index contributed by atoms with van der Waals surface area (Å²) in [6.45, 7) is 7.54. The highest BCUT2D eigenvalue weighted by atomic mass is 19.1. The Bertz CT molecular complexity index is 949. The van der Waals surface area contributed by atoms with Crippen LogP contribution in [-0.4, -0.2) is 59.2 Å². The van der Waals surface area contributed by atoms with Crippen molar-refractivity contribution in [3.05, 3.63) is 42.1 Å². The Morgan fingerprint density at radius 1 is 1.32 bits per heavy atom. The maximum atomic E-state index is 14.0. The zero-order chi connectivity index (χ0) is 22.5. The Labute approximate surface area is 180 Å². The number of nitrogens with zero attached hydrogens (tertiary/aromatic N) is 4. The van der Waals surface area contributed by atoms with Gasteiger partial charge in [0.2, 0.25) is 0 Å². The number of ether oxygens (including phenoxy) is 2. The molecule has 1 aromatic heterocycles. The van der Waals surface area contributed by atoms with Gasteiger partial charge in [-0.25, -0.2) is 19.2 Å². The summed E-state index contributed by atoms with van der Waals surface area (Å²) < 4.78 is 24.8. The lowest BCUT2D eigenvalue weighted by Gasteiger charge is -2.39. The summed E-state index contributed by atoms with van der Waals surface area (Å²) in [5.41, 5.74) is 5.13. The molecule has 9 nitrogen and oxygen atoms in total. The van der Waals surface area contributed by atoms with Gasteiger partial charge in [0, 0.05) is 31.6 Å². The summed E-state index contributed by atoms with van der Waals surface area (Å²) in [6, 6.07) is 3.78. The molecule has 2 N–H and O–H groups in total. The monoisotopic (exact) mass is 431 g/mol. The van der Waals surface area contributed by atoms with Gasteiger partial charge in [-0.15, -0.1) is 0 Å². The van der Waals surface area contributed by atoms with Crippen LogP contribution in [0.2, 0.25) is 0 Å². The molecule has 1 aliphatic heterocycles. The highest BCUT2D eigenvalue weighted by Gasteiger charge is 2.31. The minimum Gasteiger partial charge on any atom is -0.451 e. The Morgan fingerprint density at radius 3 is 2.71 bits per heavy atom. The van der Waals surface area contributed by atoms with Crippen LogP contribution in [0.4, 0.5) is 15.0 Å². The molecule has 0 radical (unpaired) electrons. The summed E-state index contributed by atoms with van der Waals surface area (Å²) in [5, 5.41) is 0. The fourth-order valence-corrected chi connectivity index (χ4v) is 3.44. The van der Waals surface area contributed by atoms with E-state index in [1.165, 1.54) is 30.7 Å². The van der Waals surface area contributed by atoms with Crippen molar-refractivity contribution in [1.82, 2.24) is 14.9 Å². The average molecular weight is 431 g/mol. The second-order valence-corrected chi connectivity index (χ2v) is 7.54. The van der Waals surface area contributed by atoms with Crippen molar-refractivity contribution >= 4 is 17.8 Å². The van der Waals surface area contributed by atoms with Gasteiger partial charge in [-0.05, 0) is 39.0 Å². The van der Waals surface area contributed by atoms with Crippen LogP contribution in [0.25, 0.3) is 0 Å². The predicted molar refractivity (Wildman–Crippen MR) is 112 cm³/mol. The molecular weight excluding hydrogens is 405 g/mol. The Morgan fingerprint density at radius 2 is 2.06 bits per heavy atom. The molecule has 0 atom stereocenters. The Balaban J connectivity index is 1.81. The van der Waals surface area contributed by atoms with E-state index in [-0.39, 0.29) is 35.8 Å². The fourth-order valence-electron chi connectivity index (χ4n) is 3.44. The SMILES string of the molecule is CCN(C(=O)c1cc(F)ccc1Oc1cncnc1N1CC(COC(N)=O)C1)C(C)C. The number of carbonyl (C=O) groups excluding carboxylic acids is 2. The van der Waals surface area contributed by atoms with Crippen molar-refractivity contribution in [2.45, 2.75) is 26.8 Å². The van der Waals surface area contributed by atoms with Crippen LogP contribution in [0.1, 0.15) is 31.1 Å². The van der Waals surface area contributed by atoms with Crippen LogP contribution in [0.15, 0.2) is 30.7 Å². The maximum Gasteiger partial charge on any atom is 0.404 e. The molecule has 0 aliphatic carbocycles. The molecule has 1 aliphatic rings. The normalized spacial score (nSPS) is 13.6. The lowest BCUT2D eigenvalue weighted by atomic mass is 10.0. The first-order chi connectivity index (χ1) is 14.8. The molecule has 1 aromatic carbocycles. The molecule has 0 unspecified atom stereocenters. The van der Waals surface area contributed by atoms with Crippen molar-refractivity contribution in [2.75, 3.05) is 31.1 Å². The molecule has 3 rings (SSSR count). The summed E-state index contributed by atoms with van der Waals surface area (Å²) in [7, 11) is 0. The number of aromatic nitrogens is 2. The summed E-state index contributed by atoms with van der Waals surface area (Å²) >= 11 is 0. The molecule has 0 saturated carbocycles. The molecule has 1 saturated heterocycles. The summed E-state index contributed by atoms with van der Waals surface area (Å²) in [6.07, 6.45) is 2.08. The van der Waals surface area contributed by atoms with Gasteiger partial charge >= 0.3 is 6.09 Å². The second-order valence-electron chi connectivity index (χ2n) is 7.54. The first-order valence-electron chi connectivity index (χ1n) is 10.1. The van der Waals surface area contributed by atoms with Gasteiger partial charge < -0.3 is 25.0 Å². The maximum absolute atomic E-state index is 14.0. The molecule has 2 amide bonds. The molecule has 166 valence electrons. The number of anilines is 1. The number of benzene rings is 1. The third-order valence-electron chi connectivity index (χ3n) is 4.99. The van der Waals surface area contributed by atoms with E-state index in [2.05, 4.69) is 9.97 Å². The van der Waals surface area contributed by atoms with Gasteiger partial charge in [-0.1, -0.05) is 0 Å². The summed E-state index contributed by atoms with van der Waals surface area (Å²) in [4.78, 5) is 35.6. The molecule has 0 bridgehead atoms. The van der Waals surface area contributed by atoms with Crippen molar-refractivity contribution in [1.29, 1.82) is 0 Å². The van der Waals surface area contributed by atoms with Crippen LogP contribution in [0.3, 0.4) is 0 Å². The van der Waals surface area contributed by atoms with Crippen molar-refractivity contribution in [3.63, 3.8) is 0 Å². The number of nitrogens with two attached hydrogens (primary N) is 1. The second kappa shape index (κ2) is 9.59. The molecular formula is C21H26FN5O4. The zero-order valence-corrected chi connectivity index (χ0v) is 17.7. The first kappa shape index (κ1) is 22.3. The van der Waals surface area contributed by atoms with E-state index in [9.17, 15) is 14.0 Å². The average Bonchev–Trinajstić information content (AvgIpc) is 2.69. The first-order valence-corrected chi connectivity index (χ1v) is 10.1. The van der Waals surface area contributed by atoms with Crippen LogP contribution in [-0.2, 0) is 4.74 Å². The minimum absolute atomic E-state index is 0.0510. The highest BCUT2D eigenvalue weighted by Crippen LogP contribution is 2.35. The molecule has 1 fully saturated rings. The van der Waals surface area contributed by atoms with E-state index in [0.717, 1.165) is 0 Å². The van der Waals surface area contributed by atoms with Crippen LogP contribution in [0, 0.1) is 11.7 Å². The standard InChI is InChI=1S/C21H26FN5O4/c1-4-27(13(2)3)20(28)16-7-15(22)5-6-17(16)31-18-8-24-12-25-19(18)26-9-14(10-26)11-30-21(23)29/h5-8,12-14H,4,9-11H2,1-3H3,(H2,23,29). The third kappa shape index (κ3) is 5.19. The molecule has 10 heteroatoms. The predicted octanol–water partition coefficient (Wildman–Crippen LogP) is 2.81. The van der Waals surface area contributed by atoms with E-state index in [1.54, 1.807) is 4.90 Å². The van der Waals surface area contributed by atoms with Crippen molar-refractivity contribution in [2.24, 2.45) is 11.7 Å². The van der Waals surface area contributed by atoms with Crippen LogP contribution >= 0.6 is 0 Å². The topological polar surface area (TPSA) is 111 Å². The lowest BCUT2D eigenvalue weighted by Crippen LogP contribution is -2.49. The van der Waals surface area contributed by atoms with E-state index >= 15 is 0 Å². The number of amides is 2. The van der Waals surface area contributed by atoms with Crippen molar-refractivity contribution in [3.8, 4) is 11.5 Å². The minimum atomic E-state index is -0.805. The lowest BCUT2D eigenvalue weighted by molar-refractivity contribution is 0.0713. The van der Waals surface area contributed by atoms with Crippen LogP contribution in [0.5, 0.6) is 11.5 Å².